The Morgan fingerprint density at radius 1 is 1.64 bits per heavy atom. The van der Waals surface area contributed by atoms with E-state index in [1.165, 1.54) is 6.92 Å². The van der Waals surface area contributed by atoms with E-state index in [0.29, 0.717) is 13.0 Å². The van der Waals surface area contributed by atoms with E-state index in [1.54, 1.807) is 0 Å². The molecule has 1 rings (SSSR count). The van der Waals surface area contributed by atoms with Crippen molar-refractivity contribution in [2.24, 2.45) is 5.92 Å². The molecule has 0 heterocycles. The predicted molar refractivity (Wildman–Crippen MR) is 48.8 cm³/mol. The van der Waals surface area contributed by atoms with Crippen LogP contribution in [0, 0.1) is 5.92 Å². The number of amides is 1. The van der Waals surface area contributed by atoms with Crippen molar-refractivity contribution in [1.29, 1.82) is 0 Å². The third-order valence-corrected chi connectivity index (χ3v) is 2.18. The number of hydrogen-bond acceptors (Lipinski definition) is 3. The predicted octanol–water partition coefficient (Wildman–Crippen LogP) is 0.000700. The second-order valence-electron chi connectivity index (χ2n) is 3.40. The topological polar surface area (TPSA) is 75.6 Å². The molecule has 5 nitrogen and oxygen atoms in total. The zero-order valence-electron chi connectivity index (χ0n) is 8.32. The van der Waals surface area contributed by atoms with Crippen molar-refractivity contribution in [3.63, 3.8) is 0 Å². The molecule has 3 unspecified atom stereocenters. The third-order valence-electron chi connectivity index (χ3n) is 2.18. The number of rotatable bonds is 5. The molecule has 3 atom stereocenters. The highest BCUT2D eigenvalue weighted by Crippen LogP contribution is 2.33. The Morgan fingerprint density at radius 3 is 2.79 bits per heavy atom. The number of aliphatic carboxylic acids is 1. The van der Waals surface area contributed by atoms with Crippen molar-refractivity contribution in [2.45, 2.75) is 32.4 Å². The fourth-order valence-corrected chi connectivity index (χ4v) is 1.23. The highest BCUT2D eigenvalue weighted by atomic mass is 16.5. The molecule has 80 valence electrons. The number of ether oxygens (including phenoxy) is 1. The zero-order chi connectivity index (χ0) is 10.7. The van der Waals surface area contributed by atoms with Gasteiger partial charge in [0, 0.05) is 6.61 Å². The van der Waals surface area contributed by atoms with Crippen LogP contribution in [0.1, 0.15) is 20.3 Å². The first-order valence-electron chi connectivity index (χ1n) is 4.71. The second-order valence-corrected chi connectivity index (χ2v) is 3.40. The Bertz CT molecular complexity index is 241. The molecule has 0 bridgehead atoms. The summed E-state index contributed by atoms with van der Waals surface area (Å²) in [5, 5.41) is 11.0. The molecule has 0 aromatic rings. The van der Waals surface area contributed by atoms with Crippen LogP contribution in [0.4, 0.5) is 0 Å². The Kier molecular flexibility index (Phi) is 3.46. The molecule has 0 aromatic carbocycles. The fraction of sp³-hybridized carbons (Fsp3) is 0.778. The van der Waals surface area contributed by atoms with Crippen molar-refractivity contribution in [1.82, 2.24) is 5.32 Å². The minimum absolute atomic E-state index is 0.0130. The molecule has 2 N–H and O–H groups in total. The van der Waals surface area contributed by atoms with Gasteiger partial charge in [0.25, 0.3) is 0 Å². The number of carbonyl (C=O) groups is 2. The smallest absolute Gasteiger partial charge is 0.325 e. The molecule has 1 amide bonds. The maximum absolute atomic E-state index is 11.4. The number of carboxylic acid groups (broad SMARTS) is 1. The quantitative estimate of drug-likeness (QED) is 0.656. The van der Waals surface area contributed by atoms with Crippen LogP contribution in [0.2, 0.25) is 0 Å². The van der Waals surface area contributed by atoms with Crippen molar-refractivity contribution in [3.8, 4) is 0 Å². The van der Waals surface area contributed by atoms with E-state index in [-0.39, 0.29) is 17.9 Å². The lowest BCUT2D eigenvalue weighted by Crippen LogP contribution is -2.39. The molecule has 5 heteroatoms. The SMILES string of the molecule is CCOC1CC1C(=O)NC(C)C(=O)O. The van der Waals surface area contributed by atoms with Crippen molar-refractivity contribution >= 4 is 11.9 Å². The third kappa shape index (κ3) is 2.70. The van der Waals surface area contributed by atoms with Gasteiger partial charge in [-0.25, -0.2) is 0 Å². The van der Waals surface area contributed by atoms with Crippen LogP contribution in [0.5, 0.6) is 0 Å². The van der Waals surface area contributed by atoms with Crippen LogP contribution in [-0.4, -0.2) is 35.7 Å². The number of carboxylic acids is 1. The zero-order valence-corrected chi connectivity index (χ0v) is 8.32. The molecular formula is C9H15NO4. The molecule has 1 aliphatic carbocycles. The highest BCUT2D eigenvalue weighted by molar-refractivity contribution is 5.86. The van der Waals surface area contributed by atoms with Crippen LogP contribution in [0.15, 0.2) is 0 Å². The maximum Gasteiger partial charge on any atom is 0.325 e. The van der Waals surface area contributed by atoms with E-state index in [9.17, 15) is 9.59 Å². The summed E-state index contributed by atoms with van der Waals surface area (Å²) in [5.74, 6) is -1.40. The Morgan fingerprint density at radius 2 is 2.29 bits per heavy atom. The van der Waals surface area contributed by atoms with Gasteiger partial charge >= 0.3 is 5.97 Å². The molecular weight excluding hydrogens is 186 g/mol. The van der Waals surface area contributed by atoms with E-state index in [1.807, 2.05) is 6.92 Å². The van der Waals surface area contributed by atoms with Gasteiger partial charge in [-0.05, 0) is 20.3 Å². The molecule has 14 heavy (non-hydrogen) atoms. The number of nitrogens with one attached hydrogen (secondary N) is 1. The summed E-state index contributed by atoms with van der Waals surface area (Å²) in [4.78, 5) is 21.8. The second kappa shape index (κ2) is 4.41. The Balaban J connectivity index is 2.27. The molecule has 1 saturated carbocycles. The molecule has 0 saturated heterocycles. The van der Waals surface area contributed by atoms with Gasteiger partial charge in [0.15, 0.2) is 0 Å². The standard InChI is InChI=1S/C9H15NO4/c1-3-14-7-4-6(7)8(11)10-5(2)9(12)13/h5-7H,3-4H2,1-2H3,(H,10,11)(H,12,13). The largest absolute Gasteiger partial charge is 0.480 e. The van der Waals surface area contributed by atoms with Gasteiger partial charge in [-0.1, -0.05) is 0 Å². The first kappa shape index (κ1) is 11.0. The lowest BCUT2D eigenvalue weighted by atomic mass is 10.3. The average molecular weight is 201 g/mol. The summed E-state index contributed by atoms with van der Waals surface area (Å²) >= 11 is 0. The molecule has 0 spiro atoms. The lowest BCUT2D eigenvalue weighted by molar-refractivity contribution is -0.141. The molecule has 0 aromatic heterocycles. The van der Waals surface area contributed by atoms with Crippen LogP contribution < -0.4 is 5.32 Å². The van der Waals surface area contributed by atoms with E-state index in [4.69, 9.17) is 9.84 Å². The fourth-order valence-electron chi connectivity index (χ4n) is 1.23. The lowest BCUT2D eigenvalue weighted by Gasteiger charge is -2.08. The van der Waals surface area contributed by atoms with Crippen molar-refractivity contribution < 1.29 is 19.4 Å². The van der Waals surface area contributed by atoms with Gasteiger partial charge in [-0.2, -0.15) is 0 Å². The molecule has 1 fully saturated rings. The van der Waals surface area contributed by atoms with Crippen molar-refractivity contribution in [2.75, 3.05) is 6.61 Å². The summed E-state index contributed by atoms with van der Waals surface area (Å²) < 4.78 is 5.22. The summed E-state index contributed by atoms with van der Waals surface area (Å²) in [6.45, 7) is 3.90. The van der Waals surface area contributed by atoms with Crippen LogP contribution in [-0.2, 0) is 14.3 Å². The van der Waals surface area contributed by atoms with Crippen molar-refractivity contribution in [3.05, 3.63) is 0 Å². The number of hydrogen-bond donors (Lipinski definition) is 2. The molecule has 0 radical (unpaired) electrons. The summed E-state index contributed by atoms with van der Waals surface area (Å²) in [6, 6.07) is -0.828. The van der Waals surface area contributed by atoms with E-state index >= 15 is 0 Å². The number of carbonyl (C=O) groups excluding carboxylic acids is 1. The molecule has 0 aliphatic heterocycles. The minimum Gasteiger partial charge on any atom is -0.480 e. The van der Waals surface area contributed by atoms with Gasteiger partial charge in [0.2, 0.25) is 5.91 Å². The summed E-state index contributed by atoms with van der Waals surface area (Å²) in [6.07, 6.45) is 0.687. The summed E-state index contributed by atoms with van der Waals surface area (Å²) in [7, 11) is 0. The molecule has 1 aliphatic rings. The van der Waals surface area contributed by atoms with Gasteiger partial charge in [0.05, 0.1) is 12.0 Å². The van der Waals surface area contributed by atoms with Gasteiger partial charge in [-0.3, -0.25) is 9.59 Å². The van der Waals surface area contributed by atoms with Gasteiger partial charge in [-0.15, -0.1) is 0 Å². The average Bonchev–Trinajstić information content (AvgIpc) is 2.84. The van der Waals surface area contributed by atoms with Crippen LogP contribution in [0.3, 0.4) is 0 Å². The Labute approximate surface area is 82.4 Å². The first-order chi connectivity index (χ1) is 6.56. The van der Waals surface area contributed by atoms with Crippen LogP contribution >= 0.6 is 0 Å². The van der Waals surface area contributed by atoms with Crippen LogP contribution in [0.25, 0.3) is 0 Å². The van der Waals surface area contributed by atoms with E-state index < -0.39 is 12.0 Å². The Hall–Kier alpha value is -1.10. The van der Waals surface area contributed by atoms with E-state index in [0.717, 1.165) is 0 Å². The maximum atomic E-state index is 11.4. The normalized spacial score (nSPS) is 26.7. The van der Waals surface area contributed by atoms with Gasteiger partial charge in [0.1, 0.15) is 6.04 Å². The monoisotopic (exact) mass is 201 g/mol. The minimum atomic E-state index is -1.02. The van der Waals surface area contributed by atoms with E-state index in [2.05, 4.69) is 5.32 Å². The summed E-state index contributed by atoms with van der Waals surface area (Å²) in [5.41, 5.74) is 0. The van der Waals surface area contributed by atoms with Gasteiger partial charge < -0.3 is 15.2 Å². The highest BCUT2D eigenvalue weighted by Gasteiger charge is 2.44. The first-order valence-corrected chi connectivity index (χ1v) is 4.71.